The van der Waals surface area contributed by atoms with Crippen molar-refractivity contribution in [3.63, 3.8) is 0 Å². The molecule has 130 valence electrons. The average molecular weight is 340 g/mol. The molecule has 0 bridgehead atoms. The normalized spacial score (nSPS) is 18.9. The van der Waals surface area contributed by atoms with Crippen LogP contribution in [0.5, 0.6) is 0 Å². The number of hydrogen-bond acceptors (Lipinski definition) is 2. The second-order valence-corrected chi connectivity index (χ2v) is 5.54. The highest BCUT2D eigenvalue weighted by atomic mass is 19.4. The van der Waals surface area contributed by atoms with Gasteiger partial charge in [-0.15, -0.1) is 0 Å². The van der Waals surface area contributed by atoms with Crippen LogP contribution in [0.3, 0.4) is 0 Å². The average Bonchev–Trinajstić information content (AvgIpc) is 2.47. The van der Waals surface area contributed by atoms with E-state index in [0.717, 1.165) is 6.07 Å². The number of piperazine rings is 1. The number of halogens is 6. The van der Waals surface area contributed by atoms with Crippen LogP contribution >= 0.6 is 0 Å². The lowest BCUT2D eigenvalue weighted by Crippen LogP contribution is -2.45. The molecule has 1 fully saturated rings. The van der Waals surface area contributed by atoms with Gasteiger partial charge < -0.3 is 5.32 Å². The van der Waals surface area contributed by atoms with Crippen molar-refractivity contribution >= 4 is 0 Å². The standard InChI is InChI=1S/C15H18F6N2/c16-14(17,18)6-5-13(23-9-7-22-8-10-23)11-3-1-2-4-12(11)15(19,20)21/h1-4,13,22H,5-10H2/t13-/m0/s1. The van der Waals surface area contributed by atoms with Crippen LogP contribution in [0.4, 0.5) is 26.3 Å². The van der Waals surface area contributed by atoms with Crippen LogP contribution in [0.25, 0.3) is 0 Å². The van der Waals surface area contributed by atoms with Crippen molar-refractivity contribution in [1.29, 1.82) is 0 Å². The first-order valence-corrected chi connectivity index (χ1v) is 7.36. The van der Waals surface area contributed by atoms with Gasteiger partial charge in [0, 0.05) is 38.6 Å². The number of benzene rings is 1. The first kappa shape index (κ1) is 18.1. The lowest BCUT2D eigenvalue weighted by molar-refractivity contribution is -0.141. The topological polar surface area (TPSA) is 15.3 Å². The molecule has 1 heterocycles. The Morgan fingerprint density at radius 3 is 2.17 bits per heavy atom. The fourth-order valence-electron chi connectivity index (χ4n) is 2.87. The summed E-state index contributed by atoms with van der Waals surface area (Å²) < 4.78 is 77.3. The lowest BCUT2D eigenvalue weighted by Gasteiger charge is -2.36. The minimum atomic E-state index is -4.58. The number of nitrogens with zero attached hydrogens (tertiary/aromatic N) is 1. The molecular formula is C15H18F6N2. The molecule has 23 heavy (non-hydrogen) atoms. The van der Waals surface area contributed by atoms with Crippen molar-refractivity contribution in [3.8, 4) is 0 Å². The molecule has 0 radical (unpaired) electrons. The van der Waals surface area contributed by atoms with Gasteiger partial charge in [-0.3, -0.25) is 4.90 Å². The highest BCUT2D eigenvalue weighted by molar-refractivity contribution is 5.32. The van der Waals surface area contributed by atoms with E-state index in [4.69, 9.17) is 0 Å². The zero-order valence-corrected chi connectivity index (χ0v) is 12.3. The first-order valence-electron chi connectivity index (χ1n) is 7.36. The summed E-state index contributed by atoms with van der Waals surface area (Å²) in [7, 11) is 0. The third kappa shape index (κ3) is 5.10. The van der Waals surface area contributed by atoms with Gasteiger partial charge in [-0.1, -0.05) is 18.2 Å². The van der Waals surface area contributed by atoms with Gasteiger partial charge in [0.2, 0.25) is 0 Å². The maximum Gasteiger partial charge on any atom is 0.416 e. The molecule has 1 aliphatic heterocycles. The summed E-state index contributed by atoms with van der Waals surface area (Å²) in [6.07, 6.45) is -10.5. The van der Waals surface area contributed by atoms with Crippen LogP contribution in [-0.4, -0.2) is 37.3 Å². The summed E-state index contributed by atoms with van der Waals surface area (Å²) in [5.74, 6) is 0. The highest BCUT2D eigenvalue weighted by Crippen LogP contribution is 2.39. The van der Waals surface area contributed by atoms with E-state index in [-0.39, 0.29) is 12.0 Å². The molecule has 1 aromatic carbocycles. The Morgan fingerprint density at radius 1 is 1.00 bits per heavy atom. The van der Waals surface area contributed by atoms with Gasteiger partial charge in [0.05, 0.1) is 5.56 Å². The molecule has 1 saturated heterocycles. The monoisotopic (exact) mass is 340 g/mol. The minimum Gasteiger partial charge on any atom is -0.314 e. The molecule has 0 unspecified atom stereocenters. The Morgan fingerprint density at radius 2 is 1.61 bits per heavy atom. The van der Waals surface area contributed by atoms with Crippen molar-refractivity contribution in [3.05, 3.63) is 35.4 Å². The molecule has 2 nitrogen and oxygen atoms in total. The van der Waals surface area contributed by atoms with Gasteiger partial charge in [0.1, 0.15) is 0 Å². The zero-order chi connectivity index (χ0) is 17.1. The third-order valence-electron chi connectivity index (χ3n) is 3.92. The van der Waals surface area contributed by atoms with Gasteiger partial charge in [-0.2, -0.15) is 26.3 Å². The fraction of sp³-hybridized carbons (Fsp3) is 0.600. The Labute approximate surface area is 130 Å². The SMILES string of the molecule is FC(F)(F)CC[C@@H](c1ccccc1C(F)(F)F)N1CCNCC1. The molecule has 1 atom stereocenters. The Balaban J connectivity index is 2.33. The number of hydrogen-bond donors (Lipinski definition) is 1. The third-order valence-corrected chi connectivity index (χ3v) is 3.92. The molecule has 1 N–H and O–H groups in total. The highest BCUT2D eigenvalue weighted by Gasteiger charge is 2.38. The van der Waals surface area contributed by atoms with Gasteiger partial charge in [-0.05, 0) is 18.1 Å². The van der Waals surface area contributed by atoms with Crippen LogP contribution in [-0.2, 0) is 6.18 Å². The summed E-state index contributed by atoms with van der Waals surface area (Å²) in [6, 6.07) is 4.01. The molecular weight excluding hydrogens is 322 g/mol. The maximum atomic E-state index is 13.2. The van der Waals surface area contributed by atoms with Crippen LogP contribution in [0.1, 0.15) is 30.0 Å². The van der Waals surface area contributed by atoms with Crippen LogP contribution in [0, 0.1) is 0 Å². The summed E-state index contributed by atoms with van der Waals surface area (Å²) in [4.78, 5) is 1.70. The Kier molecular flexibility index (Phi) is 5.57. The van der Waals surface area contributed by atoms with E-state index in [1.165, 1.54) is 18.2 Å². The van der Waals surface area contributed by atoms with E-state index in [1.54, 1.807) is 4.90 Å². The van der Waals surface area contributed by atoms with E-state index in [9.17, 15) is 26.3 Å². The van der Waals surface area contributed by atoms with Crippen molar-refractivity contribution in [2.75, 3.05) is 26.2 Å². The second-order valence-electron chi connectivity index (χ2n) is 5.54. The molecule has 0 saturated carbocycles. The van der Waals surface area contributed by atoms with Gasteiger partial charge in [0.15, 0.2) is 0 Å². The number of rotatable bonds is 4. The summed E-state index contributed by atoms with van der Waals surface area (Å²) >= 11 is 0. The molecule has 0 aliphatic carbocycles. The van der Waals surface area contributed by atoms with Crippen molar-refractivity contribution in [1.82, 2.24) is 10.2 Å². The molecule has 2 rings (SSSR count). The van der Waals surface area contributed by atoms with Crippen LogP contribution < -0.4 is 5.32 Å². The fourth-order valence-corrected chi connectivity index (χ4v) is 2.87. The minimum absolute atomic E-state index is 0.0776. The van der Waals surface area contributed by atoms with Gasteiger partial charge >= 0.3 is 12.4 Å². The smallest absolute Gasteiger partial charge is 0.314 e. The molecule has 0 aromatic heterocycles. The molecule has 8 heteroatoms. The molecule has 1 aromatic rings. The van der Waals surface area contributed by atoms with E-state index >= 15 is 0 Å². The predicted molar refractivity (Wildman–Crippen MR) is 73.9 cm³/mol. The number of alkyl halides is 6. The van der Waals surface area contributed by atoms with E-state index in [2.05, 4.69) is 5.32 Å². The summed E-state index contributed by atoms with van der Waals surface area (Å²) in [5.41, 5.74) is -0.933. The van der Waals surface area contributed by atoms with Gasteiger partial charge in [-0.25, -0.2) is 0 Å². The Hall–Kier alpha value is -1.28. The van der Waals surface area contributed by atoms with Crippen LogP contribution in [0.2, 0.25) is 0 Å². The molecule has 0 spiro atoms. The van der Waals surface area contributed by atoms with Crippen molar-refractivity contribution < 1.29 is 26.3 Å². The van der Waals surface area contributed by atoms with E-state index < -0.39 is 30.4 Å². The van der Waals surface area contributed by atoms with E-state index in [1.807, 2.05) is 0 Å². The first-order chi connectivity index (χ1) is 10.7. The number of nitrogens with one attached hydrogen (secondary N) is 1. The quantitative estimate of drug-likeness (QED) is 0.834. The van der Waals surface area contributed by atoms with Crippen LogP contribution in [0.15, 0.2) is 24.3 Å². The lowest BCUT2D eigenvalue weighted by atomic mass is 9.94. The van der Waals surface area contributed by atoms with Gasteiger partial charge in [0.25, 0.3) is 0 Å². The van der Waals surface area contributed by atoms with E-state index in [0.29, 0.717) is 26.2 Å². The zero-order valence-electron chi connectivity index (χ0n) is 12.3. The second kappa shape index (κ2) is 7.09. The summed E-state index contributed by atoms with van der Waals surface area (Å²) in [6.45, 7) is 1.96. The maximum absolute atomic E-state index is 13.2. The summed E-state index contributed by atoms with van der Waals surface area (Å²) in [5, 5.41) is 3.05. The molecule has 0 amide bonds. The van der Waals surface area contributed by atoms with Crippen molar-refractivity contribution in [2.24, 2.45) is 0 Å². The van der Waals surface area contributed by atoms with Crippen molar-refractivity contribution in [2.45, 2.75) is 31.2 Å². The predicted octanol–water partition coefficient (Wildman–Crippen LogP) is 3.99. The molecule has 1 aliphatic rings. The Bertz CT molecular complexity index is 505. The largest absolute Gasteiger partial charge is 0.416 e.